The molecule has 9 N–H and O–H groups in total. The highest BCUT2D eigenvalue weighted by Crippen LogP contribution is 2.24. The maximum atomic E-state index is 10.0. The van der Waals surface area contributed by atoms with Crippen LogP contribution in [0.2, 0.25) is 0 Å². The molecule has 1 saturated heterocycles. The zero-order valence-corrected chi connectivity index (χ0v) is 12.2. The van der Waals surface area contributed by atoms with Gasteiger partial charge in [0.05, 0.1) is 25.3 Å². The summed E-state index contributed by atoms with van der Waals surface area (Å²) in [6, 6.07) is -2.06. The van der Waals surface area contributed by atoms with Gasteiger partial charge in [-0.05, 0) is 5.57 Å². The highest BCUT2D eigenvalue weighted by atomic mass is 16.6. The monoisotopic (exact) mass is 337 g/mol. The highest BCUT2D eigenvalue weighted by Gasteiger charge is 2.46. The van der Waals surface area contributed by atoms with E-state index in [0.717, 1.165) is 0 Å². The first-order valence-corrected chi connectivity index (χ1v) is 7.24. The molecule has 9 unspecified atom stereocenters. The zero-order valence-electron chi connectivity index (χ0n) is 12.2. The molecule has 23 heavy (non-hydrogen) atoms. The molecule has 10 nitrogen and oxygen atoms in total. The molecule has 9 atom stereocenters. The van der Waals surface area contributed by atoms with Gasteiger partial charge in [0.15, 0.2) is 6.29 Å². The van der Waals surface area contributed by atoms with E-state index < -0.39 is 68.2 Å². The lowest BCUT2D eigenvalue weighted by Crippen LogP contribution is -2.67. The SMILES string of the molecule is OCC1=CC(NC2C(CO)OC(O)C(O)C2O)C(O)C(O)C1O. The van der Waals surface area contributed by atoms with Crippen LogP contribution in [0, 0.1) is 0 Å². The summed E-state index contributed by atoms with van der Waals surface area (Å²) >= 11 is 0. The van der Waals surface area contributed by atoms with Gasteiger partial charge < -0.3 is 50.9 Å². The molecule has 0 aromatic heterocycles. The molecule has 0 bridgehead atoms. The Morgan fingerprint density at radius 2 is 1.57 bits per heavy atom. The smallest absolute Gasteiger partial charge is 0.183 e. The van der Waals surface area contributed by atoms with Gasteiger partial charge in [-0.1, -0.05) is 6.08 Å². The van der Waals surface area contributed by atoms with Crippen LogP contribution in [0.15, 0.2) is 11.6 Å². The third kappa shape index (κ3) is 3.56. The van der Waals surface area contributed by atoms with Crippen LogP contribution in [0.4, 0.5) is 0 Å². The van der Waals surface area contributed by atoms with Gasteiger partial charge in [-0.25, -0.2) is 0 Å². The normalized spacial score (nSPS) is 48.2. The summed E-state index contributed by atoms with van der Waals surface area (Å²) in [5, 5.41) is 79.9. The minimum Gasteiger partial charge on any atom is -0.394 e. The molecular formula is C13H23NO9. The van der Waals surface area contributed by atoms with E-state index in [4.69, 9.17) is 4.74 Å². The van der Waals surface area contributed by atoms with Crippen molar-refractivity contribution in [1.29, 1.82) is 0 Å². The average molecular weight is 337 g/mol. The minimum absolute atomic E-state index is 0.0765. The standard InChI is InChI=1S/C13H23NO9/c15-2-4-1-5(9(18)11(20)8(4)17)14-7-6(3-16)23-13(22)12(21)10(7)19/h1,5-22H,2-3H2. The van der Waals surface area contributed by atoms with Crippen molar-refractivity contribution in [1.82, 2.24) is 5.32 Å². The number of nitrogens with one attached hydrogen (secondary N) is 1. The molecule has 10 heteroatoms. The van der Waals surface area contributed by atoms with E-state index in [1.54, 1.807) is 0 Å². The van der Waals surface area contributed by atoms with Crippen LogP contribution in [0.5, 0.6) is 0 Å². The summed E-state index contributed by atoms with van der Waals surface area (Å²) in [5.41, 5.74) is 0.0765. The molecule has 0 aromatic rings. The maximum Gasteiger partial charge on any atom is 0.183 e. The lowest BCUT2D eigenvalue weighted by atomic mass is 9.86. The lowest BCUT2D eigenvalue weighted by Gasteiger charge is -2.44. The highest BCUT2D eigenvalue weighted by molar-refractivity contribution is 5.22. The molecule has 0 spiro atoms. The minimum atomic E-state index is -1.67. The first kappa shape index (κ1) is 18.7. The number of aliphatic hydroxyl groups excluding tert-OH is 8. The van der Waals surface area contributed by atoms with Gasteiger partial charge in [0.1, 0.15) is 36.6 Å². The van der Waals surface area contributed by atoms with E-state index in [1.165, 1.54) is 6.08 Å². The molecule has 1 fully saturated rings. The summed E-state index contributed by atoms with van der Waals surface area (Å²) in [7, 11) is 0. The predicted octanol–water partition coefficient (Wildman–Crippen LogP) is -5.24. The summed E-state index contributed by atoms with van der Waals surface area (Å²) < 4.78 is 4.98. The van der Waals surface area contributed by atoms with E-state index in [9.17, 15) is 40.9 Å². The summed E-state index contributed by atoms with van der Waals surface area (Å²) in [4.78, 5) is 0. The van der Waals surface area contributed by atoms with Crippen LogP contribution in [0.3, 0.4) is 0 Å². The van der Waals surface area contributed by atoms with E-state index in [2.05, 4.69) is 5.32 Å². The number of ether oxygens (including phenoxy) is 1. The third-order valence-electron chi connectivity index (χ3n) is 4.29. The van der Waals surface area contributed by atoms with E-state index in [0.29, 0.717) is 0 Å². The number of aliphatic hydroxyl groups is 8. The molecule has 2 aliphatic rings. The Kier molecular flexibility index (Phi) is 6.08. The third-order valence-corrected chi connectivity index (χ3v) is 4.29. The van der Waals surface area contributed by atoms with Crippen molar-refractivity contribution in [3.63, 3.8) is 0 Å². The molecule has 0 aromatic carbocycles. The van der Waals surface area contributed by atoms with Gasteiger partial charge in [-0.2, -0.15) is 0 Å². The first-order valence-electron chi connectivity index (χ1n) is 7.24. The van der Waals surface area contributed by atoms with E-state index in [1.807, 2.05) is 0 Å². The molecule has 2 rings (SSSR count). The van der Waals surface area contributed by atoms with Gasteiger partial charge in [-0.3, -0.25) is 0 Å². The second-order valence-corrected chi connectivity index (χ2v) is 5.77. The Balaban J connectivity index is 2.19. The second-order valence-electron chi connectivity index (χ2n) is 5.77. The van der Waals surface area contributed by atoms with Crippen LogP contribution in [-0.2, 0) is 4.74 Å². The van der Waals surface area contributed by atoms with Crippen molar-refractivity contribution < 1.29 is 45.6 Å². The second kappa shape index (κ2) is 7.49. The predicted molar refractivity (Wildman–Crippen MR) is 73.9 cm³/mol. The van der Waals surface area contributed by atoms with Crippen LogP contribution >= 0.6 is 0 Å². The molecule has 0 saturated carbocycles. The topological polar surface area (TPSA) is 183 Å². The van der Waals surface area contributed by atoms with Crippen molar-refractivity contribution >= 4 is 0 Å². The lowest BCUT2D eigenvalue weighted by molar-refractivity contribution is -0.263. The Morgan fingerprint density at radius 1 is 0.913 bits per heavy atom. The fraction of sp³-hybridized carbons (Fsp3) is 0.846. The van der Waals surface area contributed by atoms with Crippen molar-refractivity contribution in [2.45, 2.75) is 55.0 Å². The maximum absolute atomic E-state index is 10.0. The van der Waals surface area contributed by atoms with Crippen LogP contribution in [0.1, 0.15) is 0 Å². The average Bonchev–Trinajstić information content (AvgIpc) is 2.55. The molecule has 1 aliphatic heterocycles. The Hall–Kier alpha value is -0.660. The quantitative estimate of drug-likeness (QED) is 0.225. The zero-order chi connectivity index (χ0) is 17.3. The molecule has 134 valence electrons. The van der Waals surface area contributed by atoms with Gasteiger partial charge in [0.2, 0.25) is 0 Å². The fourth-order valence-electron chi connectivity index (χ4n) is 2.87. The molecular weight excluding hydrogens is 314 g/mol. The number of rotatable bonds is 4. The Morgan fingerprint density at radius 3 is 2.13 bits per heavy atom. The van der Waals surface area contributed by atoms with Crippen molar-refractivity contribution in [2.24, 2.45) is 0 Å². The Bertz CT molecular complexity index is 432. The summed E-state index contributed by atoms with van der Waals surface area (Å²) in [6.07, 6.45) is -9.06. The van der Waals surface area contributed by atoms with Gasteiger partial charge in [0, 0.05) is 0 Å². The number of hydrogen-bond acceptors (Lipinski definition) is 10. The van der Waals surface area contributed by atoms with Crippen molar-refractivity contribution in [3.8, 4) is 0 Å². The summed E-state index contributed by atoms with van der Waals surface area (Å²) in [6.45, 7) is -1.12. The summed E-state index contributed by atoms with van der Waals surface area (Å²) in [5.74, 6) is 0. The molecule has 1 aliphatic carbocycles. The largest absolute Gasteiger partial charge is 0.394 e. The van der Waals surface area contributed by atoms with Crippen LogP contribution < -0.4 is 5.32 Å². The van der Waals surface area contributed by atoms with E-state index in [-0.39, 0.29) is 5.57 Å². The molecule has 1 heterocycles. The van der Waals surface area contributed by atoms with Crippen LogP contribution in [-0.4, -0.2) is 109 Å². The first-order chi connectivity index (χ1) is 10.8. The van der Waals surface area contributed by atoms with Crippen molar-refractivity contribution in [2.75, 3.05) is 13.2 Å². The van der Waals surface area contributed by atoms with E-state index >= 15 is 0 Å². The van der Waals surface area contributed by atoms with Gasteiger partial charge >= 0.3 is 0 Å². The van der Waals surface area contributed by atoms with Gasteiger partial charge in [0.25, 0.3) is 0 Å². The van der Waals surface area contributed by atoms with Crippen molar-refractivity contribution in [3.05, 3.63) is 11.6 Å². The van der Waals surface area contributed by atoms with Gasteiger partial charge in [-0.15, -0.1) is 0 Å². The van der Waals surface area contributed by atoms with Crippen LogP contribution in [0.25, 0.3) is 0 Å². The Labute approximate surface area is 131 Å². The molecule has 0 amide bonds. The fourth-order valence-corrected chi connectivity index (χ4v) is 2.87. The molecule has 0 radical (unpaired) electrons. The number of hydrogen-bond donors (Lipinski definition) is 9.